The van der Waals surface area contributed by atoms with Gasteiger partial charge in [0.25, 0.3) is 0 Å². The van der Waals surface area contributed by atoms with Crippen LogP contribution in [0, 0.1) is 0 Å². The molecule has 19 heavy (non-hydrogen) atoms. The van der Waals surface area contributed by atoms with Crippen molar-refractivity contribution in [3.63, 3.8) is 0 Å². The van der Waals surface area contributed by atoms with Crippen molar-refractivity contribution in [1.29, 1.82) is 0 Å². The SMILES string of the molecule is N/C(=N/O)c1ccnnc1OCCN1CCCCC1. The third-order valence-corrected chi connectivity index (χ3v) is 3.17. The highest BCUT2D eigenvalue weighted by atomic mass is 16.5. The van der Waals surface area contributed by atoms with Crippen LogP contribution in [-0.2, 0) is 0 Å². The van der Waals surface area contributed by atoms with Crippen LogP contribution in [0.4, 0.5) is 0 Å². The van der Waals surface area contributed by atoms with E-state index in [-0.39, 0.29) is 5.84 Å². The summed E-state index contributed by atoms with van der Waals surface area (Å²) in [5.74, 6) is 0.276. The van der Waals surface area contributed by atoms with Crippen LogP contribution in [-0.4, -0.2) is 52.4 Å². The average Bonchev–Trinajstić information content (AvgIpc) is 2.48. The molecular formula is C12H19N5O2. The number of amidine groups is 1. The molecule has 0 amide bonds. The smallest absolute Gasteiger partial charge is 0.244 e. The Morgan fingerprint density at radius 2 is 2.21 bits per heavy atom. The topological polar surface area (TPSA) is 96.9 Å². The highest BCUT2D eigenvalue weighted by Gasteiger charge is 2.12. The van der Waals surface area contributed by atoms with Crippen LogP contribution in [0.5, 0.6) is 5.88 Å². The summed E-state index contributed by atoms with van der Waals surface area (Å²) in [6.07, 6.45) is 5.29. The summed E-state index contributed by atoms with van der Waals surface area (Å²) in [6.45, 7) is 3.62. The second kappa shape index (κ2) is 6.89. The minimum Gasteiger partial charge on any atom is -0.475 e. The molecule has 0 aromatic carbocycles. The highest BCUT2D eigenvalue weighted by molar-refractivity contribution is 5.98. The van der Waals surface area contributed by atoms with E-state index in [1.54, 1.807) is 6.07 Å². The van der Waals surface area contributed by atoms with E-state index >= 15 is 0 Å². The molecule has 2 heterocycles. The molecule has 0 unspecified atom stereocenters. The van der Waals surface area contributed by atoms with E-state index in [1.165, 1.54) is 25.5 Å². The van der Waals surface area contributed by atoms with Gasteiger partial charge < -0.3 is 15.7 Å². The normalized spacial score (nSPS) is 17.4. The number of oxime groups is 1. The van der Waals surface area contributed by atoms with Gasteiger partial charge in [0, 0.05) is 6.54 Å². The van der Waals surface area contributed by atoms with Crippen LogP contribution in [0.1, 0.15) is 24.8 Å². The van der Waals surface area contributed by atoms with Crippen molar-refractivity contribution in [3.05, 3.63) is 17.8 Å². The van der Waals surface area contributed by atoms with Crippen LogP contribution >= 0.6 is 0 Å². The zero-order valence-corrected chi connectivity index (χ0v) is 10.8. The van der Waals surface area contributed by atoms with Crippen molar-refractivity contribution in [1.82, 2.24) is 15.1 Å². The Bertz CT molecular complexity index is 432. The van der Waals surface area contributed by atoms with Gasteiger partial charge in [0.1, 0.15) is 6.61 Å². The van der Waals surface area contributed by atoms with Gasteiger partial charge in [0.05, 0.1) is 11.8 Å². The van der Waals surface area contributed by atoms with Gasteiger partial charge in [-0.3, -0.25) is 4.90 Å². The van der Waals surface area contributed by atoms with Crippen molar-refractivity contribution in [2.24, 2.45) is 10.9 Å². The Labute approximate surface area is 112 Å². The summed E-state index contributed by atoms with van der Waals surface area (Å²) in [6, 6.07) is 1.61. The standard InChI is InChI=1S/C12H19N5O2/c13-11(16-18)10-4-5-14-15-12(10)19-9-8-17-6-2-1-3-7-17/h4-5,18H,1-3,6-9H2,(H2,13,16). The van der Waals surface area contributed by atoms with E-state index in [9.17, 15) is 0 Å². The number of nitrogens with two attached hydrogens (primary N) is 1. The number of nitrogens with zero attached hydrogens (tertiary/aromatic N) is 4. The summed E-state index contributed by atoms with van der Waals surface area (Å²) in [5.41, 5.74) is 6.01. The molecule has 1 aliphatic rings. The summed E-state index contributed by atoms with van der Waals surface area (Å²) in [5, 5.41) is 19.3. The van der Waals surface area contributed by atoms with Crippen molar-refractivity contribution in [2.45, 2.75) is 19.3 Å². The Hall–Kier alpha value is -1.89. The van der Waals surface area contributed by atoms with E-state index in [1.807, 2.05) is 0 Å². The zero-order valence-electron chi connectivity index (χ0n) is 10.8. The fourth-order valence-corrected chi connectivity index (χ4v) is 2.13. The quantitative estimate of drug-likeness (QED) is 0.347. The molecule has 1 saturated heterocycles. The molecule has 0 radical (unpaired) electrons. The Morgan fingerprint density at radius 3 is 2.95 bits per heavy atom. The lowest BCUT2D eigenvalue weighted by Gasteiger charge is -2.26. The summed E-state index contributed by atoms with van der Waals surface area (Å²) >= 11 is 0. The van der Waals surface area contributed by atoms with Gasteiger partial charge >= 0.3 is 0 Å². The van der Waals surface area contributed by atoms with Crippen molar-refractivity contribution in [2.75, 3.05) is 26.2 Å². The summed E-state index contributed by atoms with van der Waals surface area (Å²) in [7, 11) is 0. The molecule has 1 fully saturated rings. The highest BCUT2D eigenvalue weighted by Crippen LogP contribution is 2.13. The van der Waals surface area contributed by atoms with Gasteiger partial charge in [-0.1, -0.05) is 11.6 Å². The van der Waals surface area contributed by atoms with Gasteiger partial charge in [-0.2, -0.15) is 5.10 Å². The number of hydrogen-bond acceptors (Lipinski definition) is 6. The predicted octanol–water partition coefficient (Wildman–Crippen LogP) is 0.436. The minimum absolute atomic E-state index is 0.0251. The van der Waals surface area contributed by atoms with Crippen LogP contribution < -0.4 is 10.5 Å². The minimum atomic E-state index is -0.0251. The molecule has 3 N–H and O–H groups in total. The van der Waals surface area contributed by atoms with E-state index in [0.717, 1.165) is 19.6 Å². The van der Waals surface area contributed by atoms with E-state index in [0.29, 0.717) is 18.1 Å². The lowest BCUT2D eigenvalue weighted by Crippen LogP contribution is -2.33. The second-order valence-corrected chi connectivity index (χ2v) is 4.49. The molecule has 7 nitrogen and oxygen atoms in total. The zero-order chi connectivity index (χ0) is 13.5. The van der Waals surface area contributed by atoms with Crippen LogP contribution in [0.3, 0.4) is 0 Å². The molecule has 0 saturated carbocycles. The maximum Gasteiger partial charge on any atom is 0.244 e. The Kier molecular flexibility index (Phi) is 4.91. The maximum absolute atomic E-state index is 8.69. The number of rotatable bonds is 5. The van der Waals surface area contributed by atoms with Gasteiger partial charge in [-0.15, -0.1) is 5.10 Å². The first-order chi connectivity index (χ1) is 9.31. The fraction of sp³-hybridized carbons (Fsp3) is 0.583. The van der Waals surface area contributed by atoms with E-state index in [4.69, 9.17) is 15.7 Å². The van der Waals surface area contributed by atoms with E-state index < -0.39 is 0 Å². The number of ether oxygens (including phenoxy) is 1. The Balaban J connectivity index is 1.88. The molecular weight excluding hydrogens is 246 g/mol. The first kappa shape index (κ1) is 13.5. The molecule has 0 spiro atoms. The number of hydrogen-bond donors (Lipinski definition) is 2. The number of piperidine rings is 1. The summed E-state index contributed by atoms with van der Waals surface area (Å²) < 4.78 is 5.58. The predicted molar refractivity (Wildman–Crippen MR) is 70.3 cm³/mol. The molecule has 104 valence electrons. The molecule has 0 aliphatic carbocycles. The van der Waals surface area contributed by atoms with Crippen molar-refractivity contribution >= 4 is 5.84 Å². The van der Waals surface area contributed by atoms with Gasteiger partial charge in [-0.25, -0.2) is 0 Å². The number of aromatic nitrogens is 2. The maximum atomic E-state index is 8.69. The lowest BCUT2D eigenvalue weighted by atomic mass is 10.1. The third-order valence-electron chi connectivity index (χ3n) is 3.17. The first-order valence-electron chi connectivity index (χ1n) is 6.46. The van der Waals surface area contributed by atoms with Crippen LogP contribution in [0.25, 0.3) is 0 Å². The number of likely N-dealkylation sites (tertiary alicyclic amines) is 1. The Morgan fingerprint density at radius 1 is 1.42 bits per heavy atom. The molecule has 2 rings (SSSR count). The van der Waals surface area contributed by atoms with Crippen molar-refractivity contribution in [3.8, 4) is 5.88 Å². The molecule has 1 aromatic rings. The molecule has 0 bridgehead atoms. The van der Waals surface area contributed by atoms with Crippen LogP contribution in [0.15, 0.2) is 17.4 Å². The lowest BCUT2D eigenvalue weighted by molar-refractivity contribution is 0.179. The van der Waals surface area contributed by atoms with E-state index in [2.05, 4.69) is 20.3 Å². The van der Waals surface area contributed by atoms with Gasteiger partial charge in [0.15, 0.2) is 5.84 Å². The van der Waals surface area contributed by atoms with Crippen molar-refractivity contribution < 1.29 is 9.94 Å². The first-order valence-corrected chi connectivity index (χ1v) is 6.46. The van der Waals surface area contributed by atoms with Gasteiger partial charge in [-0.05, 0) is 32.0 Å². The third kappa shape index (κ3) is 3.78. The average molecular weight is 265 g/mol. The molecule has 1 aliphatic heterocycles. The fourth-order valence-electron chi connectivity index (χ4n) is 2.13. The second-order valence-electron chi connectivity index (χ2n) is 4.49. The summed E-state index contributed by atoms with van der Waals surface area (Å²) in [4.78, 5) is 2.36. The molecule has 1 aromatic heterocycles. The molecule has 7 heteroatoms. The monoisotopic (exact) mass is 265 g/mol. The largest absolute Gasteiger partial charge is 0.475 e. The molecule has 0 atom stereocenters. The van der Waals surface area contributed by atoms with Gasteiger partial charge in [0.2, 0.25) is 5.88 Å². The van der Waals surface area contributed by atoms with Crippen LogP contribution in [0.2, 0.25) is 0 Å².